The molecule has 0 aliphatic heterocycles. The molecule has 6 heteroatoms. The molecule has 0 amide bonds. The predicted octanol–water partition coefficient (Wildman–Crippen LogP) is -0.293. The Hall–Kier alpha value is -1.43. The molecular formula is C7H14N6. The molecule has 6 nitrogen and oxygen atoms in total. The standard InChI is InChI=1S/C7H14N6/c1-3-4(10-2)5-11-6(8)13-7(9)12-5/h4,10H,3H2,1-2H3,(H4,8,9,11,12,13). The van der Waals surface area contributed by atoms with Gasteiger partial charge in [-0.15, -0.1) is 0 Å². The van der Waals surface area contributed by atoms with Crippen molar-refractivity contribution in [2.75, 3.05) is 18.5 Å². The van der Waals surface area contributed by atoms with Gasteiger partial charge in [0.25, 0.3) is 0 Å². The fourth-order valence-electron chi connectivity index (χ4n) is 1.10. The van der Waals surface area contributed by atoms with Gasteiger partial charge in [0, 0.05) is 0 Å². The number of rotatable bonds is 3. The molecule has 1 aromatic rings. The zero-order valence-corrected chi connectivity index (χ0v) is 7.78. The van der Waals surface area contributed by atoms with Gasteiger partial charge in [-0.05, 0) is 13.5 Å². The molecule has 1 aromatic heterocycles. The van der Waals surface area contributed by atoms with Crippen molar-refractivity contribution in [2.24, 2.45) is 0 Å². The van der Waals surface area contributed by atoms with Gasteiger partial charge in [-0.25, -0.2) is 0 Å². The second kappa shape index (κ2) is 3.99. The molecule has 1 atom stereocenters. The number of hydrogen-bond donors (Lipinski definition) is 3. The van der Waals surface area contributed by atoms with Crippen LogP contribution in [0.2, 0.25) is 0 Å². The molecule has 0 fully saturated rings. The van der Waals surface area contributed by atoms with Gasteiger partial charge in [-0.2, -0.15) is 15.0 Å². The van der Waals surface area contributed by atoms with Crippen LogP contribution in [0.25, 0.3) is 0 Å². The summed E-state index contributed by atoms with van der Waals surface area (Å²) >= 11 is 0. The van der Waals surface area contributed by atoms with E-state index >= 15 is 0 Å². The minimum Gasteiger partial charge on any atom is -0.368 e. The molecule has 0 radical (unpaired) electrons. The molecule has 0 bridgehead atoms. The first-order valence-electron chi connectivity index (χ1n) is 4.11. The van der Waals surface area contributed by atoms with E-state index in [0.717, 1.165) is 6.42 Å². The van der Waals surface area contributed by atoms with Gasteiger partial charge in [-0.1, -0.05) is 6.92 Å². The highest BCUT2D eigenvalue weighted by atomic mass is 15.2. The van der Waals surface area contributed by atoms with Crippen LogP contribution in [0.15, 0.2) is 0 Å². The molecule has 1 rings (SSSR count). The average Bonchev–Trinajstić information content (AvgIpc) is 2.04. The zero-order valence-electron chi connectivity index (χ0n) is 7.78. The van der Waals surface area contributed by atoms with Gasteiger partial charge in [0.1, 0.15) is 0 Å². The summed E-state index contributed by atoms with van der Waals surface area (Å²) in [5.74, 6) is 0.919. The summed E-state index contributed by atoms with van der Waals surface area (Å²) in [4.78, 5) is 11.7. The predicted molar refractivity (Wildman–Crippen MR) is 50.7 cm³/mol. The van der Waals surface area contributed by atoms with Crippen molar-refractivity contribution < 1.29 is 0 Å². The Kier molecular flexibility index (Phi) is 2.97. The van der Waals surface area contributed by atoms with Crippen molar-refractivity contribution in [2.45, 2.75) is 19.4 Å². The summed E-state index contributed by atoms with van der Waals surface area (Å²) in [5.41, 5.74) is 10.9. The summed E-state index contributed by atoms with van der Waals surface area (Å²) in [7, 11) is 1.84. The van der Waals surface area contributed by atoms with E-state index in [1.54, 1.807) is 0 Å². The summed E-state index contributed by atoms with van der Waals surface area (Å²) in [5, 5.41) is 3.06. The minimum absolute atomic E-state index is 0.0765. The van der Waals surface area contributed by atoms with E-state index in [9.17, 15) is 0 Å². The maximum absolute atomic E-state index is 5.44. The molecule has 0 aliphatic rings. The normalized spacial score (nSPS) is 12.8. The van der Waals surface area contributed by atoms with Crippen molar-refractivity contribution >= 4 is 11.9 Å². The molecule has 0 saturated heterocycles. The van der Waals surface area contributed by atoms with Crippen molar-refractivity contribution in [3.63, 3.8) is 0 Å². The lowest BCUT2D eigenvalue weighted by Crippen LogP contribution is -2.20. The van der Waals surface area contributed by atoms with Gasteiger partial charge in [-0.3, -0.25) is 0 Å². The Balaban J connectivity index is 2.99. The average molecular weight is 182 g/mol. The molecule has 0 aliphatic carbocycles. The smallest absolute Gasteiger partial charge is 0.225 e. The van der Waals surface area contributed by atoms with Gasteiger partial charge in [0.2, 0.25) is 11.9 Å². The second-order valence-corrected chi connectivity index (χ2v) is 2.66. The Morgan fingerprint density at radius 2 is 1.77 bits per heavy atom. The van der Waals surface area contributed by atoms with Crippen LogP contribution in [0.1, 0.15) is 25.2 Å². The zero-order chi connectivity index (χ0) is 9.84. The summed E-state index contributed by atoms with van der Waals surface area (Å²) in [6.45, 7) is 2.03. The first-order valence-corrected chi connectivity index (χ1v) is 4.11. The molecular weight excluding hydrogens is 168 g/mol. The third-order valence-electron chi connectivity index (χ3n) is 1.76. The highest BCUT2D eigenvalue weighted by molar-refractivity contribution is 5.26. The van der Waals surface area contributed by atoms with E-state index in [4.69, 9.17) is 11.5 Å². The molecule has 13 heavy (non-hydrogen) atoms. The number of aromatic nitrogens is 3. The lowest BCUT2D eigenvalue weighted by Gasteiger charge is -2.11. The lowest BCUT2D eigenvalue weighted by molar-refractivity contribution is 0.543. The van der Waals surface area contributed by atoms with Crippen LogP contribution in [-0.4, -0.2) is 22.0 Å². The summed E-state index contributed by atoms with van der Waals surface area (Å²) in [6.07, 6.45) is 0.874. The van der Waals surface area contributed by atoms with Gasteiger partial charge >= 0.3 is 0 Å². The Bertz CT molecular complexity index is 262. The lowest BCUT2D eigenvalue weighted by atomic mass is 10.2. The highest BCUT2D eigenvalue weighted by Crippen LogP contribution is 2.12. The number of anilines is 2. The SMILES string of the molecule is CCC(NC)c1nc(N)nc(N)n1. The second-order valence-electron chi connectivity index (χ2n) is 2.66. The van der Waals surface area contributed by atoms with E-state index < -0.39 is 0 Å². The van der Waals surface area contributed by atoms with Crippen LogP contribution in [0.3, 0.4) is 0 Å². The van der Waals surface area contributed by atoms with E-state index in [0.29, 0.717) is 5.82 Å². The number of hydrogen-bond acceptors (Lipinski definition) is 6. The quantitative estimate of drug-likeness (QED) is 0.593. The van der Waals surface area contributed by atoms with Crippen LogP contribution in [0, 0.1) is 0 Å². The van der Waals surface area contributed by atoms with Crippen molar-refractivity contribution in [1.29, 1.82) is 0 Å². The molecule has 0 saturated carbocycles. The van der Waals surface area contributed by atoms with Gasteiger partial charge < -0.3 is 16.8 Å². The first-order chi connectivity index (χ1) is 6.17. The summed E-state index contributed by atoms with van der Waals surface area (Å²) in [6, 6.07) is 0.0765. The molecule has 1 unspecified atom stereocenters. The van der Waals surface area contributed by atoms with Crippen LogP contribution in [0.4, 0.5) is 11.9 Å². The summed E-state index contributed by atoms with van der Waals surface area (Å²) < 4.78 is 0. The van der Waals surface area contributed by atoms with Crippen LogP contribution in [0.5, 0.6) is 0 Å². The maximum atomic E-state index is 5.44. The number of nitrogens with zero attached hydrogens (tertiary/aromatic N) is 3. The molecule has 0 aromatic carbocycles. The van der Waals surface area contributed by atoms with Crippen molar-refractivity contribution in [3.8, 4) is 0 Å². The minimum atomic E-state index is 0.0765. The number of nitrogens with one attached hydrogen (secondary N) is 1. The highest BCUT2D eigenvalue weighted by Gasteiger charge is 2.11. The molecule has 72 valence electrons. The van der Waals surface area contributed by atoms with Crippen LogP contribution < -0.4 is 16.8 Å². The molecule has 1 heterocycles. The van der Waals surface area contributed by atoms with Gasteiger partial charge in [0.05, 0.1) is 6.04 Å². The number of nitrogens with two attached hydrogens (primary N) is 2. The maximum Gasteiger partial charge on any atom is 0.225 e. The van der Waals surface area contributed by atoms with Crippen molar-refractivity contribution in [3.05, 3.63) is 5.82 Å². The van der Waals surface area contributed by atoms with E-state index in [-0.39, 0.29) is 17.9 Å². The fraction of sp³-hybridized carbons (Fsp3) is 0.571. The Labute approximate surface area is 76.8 Å². The fourth-order valence-corrected chi connectivity index (χ4v) is 1.10. The first kappa shape index (κ1) is 9.66. The molecule has 0 spiro atoms. The van der Waals surface area contributed by atoms with E-state index in [1.807, 2.05) is 14.0 Å². The van der Waals surface area contributed by atoms with Crippen molar-refractivity contribution in [1.82, 2.24) is 20.3 Å². The van der Waals surface area contributed by atoms with E-state index in [2.05, 4.69) is 20.3 Å². The Morgan fingerprint density at radius 3 is 2.15 bits per heavy atom. The van der Waals surface area contributed by atoms with E-state index in [1.165, 1.54) is 0 Å². The third-order valence-corrected chi connectivity index (χ3v) is 1.76. The van der Waals surface area contributed by atoms with Crippen LogP contribution in [-0.2, 0) is 0 Å². The van der Waals surface area contributed by atoms with Gasteiger partial charge in [0.15, 0.2) is 5.82 Å². The largest absolute Gasteiger partial charge is 0.368 e. The number of nitrogen functional groups attached to an aromatic ring is 2. The molecule has 5 N–H and O–H groups in total. The topological polar surface area (TPSA) is 103 Å². The monoisotopic (exact) mass is 182 g/mol. The third kappa shape index (κ3) is 2.25. The van der Waals surface area contributed by atoms with Crippen LogP contribution >= 0.6 is 0 Å². The Morgan fingerprint density at radius 1 is 1.23 bits per heavy atom.